The van der Waals surface area contributed by atoms with Gasteiger partial charge in [-0.05, 0) is 18.4 Å². The second kappa shape index (κ2) is 2.90. The summed E-state index contributed by atoms with van der Waals surface area (Å²) in [6, 6.07) is 0. The second-order valence-corrected chi connectivity index (χ2v) is 7.02. The fourth-order valence-electron chi connectivity index (χ4n) is 0.866. The molecule has 0 spiro atoms. The molecule has 0 nitrogen and oxygen atoms in total. The molecule has 0 aromatic heterocycles. The van der Waals surface area contributed by atoms with Gasteiger partial charge in [-0.3, -0.25) is 0 Å². The van der Waals surface area contributed by atoms with Crippen LogP contribution in [-0.2, 0) is 0 Å². The first-order valence-electron chi connectivity index (χ1n) is 2.75. The lowest BCUT2D eigenvalue weighted by Gasteiger charge is -2.02. The third kappa shape index (κ3) is 1.51. The number of hydrogen-bond acceptors (Lipinski definition) is 0. The zero-order valence-corrected chi connectivity index (χ0v) is 7.15. The highest BCUT2D eigenvalue weighted by Gasteiger charge is 2.17. The summed E-state index contributed by atoms with van der Waals surface area (Å²) in [4.78, 5) is 0. The van der Waals surface area contributed by atoms with Crippen molar-refractivity contribution in [3.8, 4) is 0 Å². The number of rotatable bonds is 1. The van der Waals surface area contributed by atoms with Crippen LogP contribution in [-0.4, -0.2) is 7.42 Å². The van der Waals surface area contributed by atoms with E-state index in [1.165, 1.54) is 12.8 Å². The Morgan fingerprint density at radius 1 is 1.50 bits per heavy atom. The zero-order valence-electron chi connectivity index (χ0n) is 4.48. The van der Waals surface area contributed by atoms with E-state index in [1.54, 1.807) is 0 Å². The van der Waals surface area contributed by atoms with Crippen molar-refractivity contribution in [2.75, 3.05) is 0 Å². The first-order valence-corrected chi connectivity index (χ1v) is 6.91. The molecule has 1 unspecified atom stereocenters. The summed E-state index contributed by atoms with van der Waals surface area (Å²) in [6.45, 7) is 0. The topological polar surface area (TPSA) is 0 Å². The molecule has 0 aromatic rings. The lowest BCUT2D eigenvalue weighted by molar-refractivity contribution is 0.920. The van der Waals surface area contributed by atoms with Crippen LogP contribution in [0.5, 0.6) is 0 Å². The predicted octanol–water partition coefficient (Wildman–Crippen LogP) is 2.40. The molecule has 0 saturated heterocycles. The van der Waals surface area contributed by atoms with E-state index < -0.39 is 7.42 Å². The van der Waals surface area contributed by atoms with Gasteiger partial charge >= 0.3 is 0 Å². The maximum Gasteiger partial charge on any atom is 0.243 e. The molecular weight excluding hydrogens is 159 g/mol. The van der Waals surface area contributed by atoms with Crippen molar-refractivity contribution in [3.05, 3.63) is 12.2 Å². The molecule has 1 aliphatic rings. The van der Waals surface area contributed by atoms with Gasteiger partial charge in [0.2, 0.25) is 7.42 Å². The molecule has 0 saturated carbocycles. The van der Waals surface area contributed by atoms with E-state index in [0.29, 0.717) is 5.54 Å². The van der Waals surface area contributed by atoms with Gasteiger partial charge in [-0.1, -0.05) is 12.2 Å². The summed E-state index contributed by atoms with van der Waals surface area (Å²) in [5, 5.41) is 0. The van der Waals surface area contributed by atoms with Gasteiger partial charge in [0.05, 0.1) is 0 Å². The quantitative estimate of drug-likeness (QED) is 0.319. The van der Waals surface area contributed by atoms with Crippen LogP contribution < -0.4 is 0 Å². The molecule has 3 heteroatoms. The largest absolute Gasteiger partial charge is 0.243 e. The molecule has 1 aliphatic carbocycles. The standard InChI is InChI=1S/C5H8Cl2Si/c6-8(7)5-3-1-2-4-5/h1,3,5,8H,2,4H2. The number of allylic oxidation sites excluding steroid dienone is 2. The average Bonchev–Trinajstić information content (AvgIpc) is 2.12. The Balaban J connectivity index is 2.36. The summed E-state index contributed by atoms with van der Waals surface area (Å²) in [5.41, 5.74) is 0.554. The SMILES string of the molecule is Cl[SiH](Cl)C1C=CCC1. The maximum absolute atomic E-state index is 5.74. The molecule has 46 valence electrons. The highest BCUT2D eigenvalue weighted by Crippen LogP contribution is 2.29. The van der Waals surface area contributed by atoms with Gasteiger partial charge in [0.1, 0.15) is 0 Å². The molecule has 0 aromatic carbocycles. The summed E-state index contributed by atoms with van der Waals surface area (Å²) < 4.78 is 0. The van der Waals surface area contributed by atoms with E-state index in [0.717, 1.165) is 0 Å². The van der Waals surface area contributed by atoms with E-state index in [1.807, 2.05) is 0 Å². The molecule has 0 N–H and O–H groups in total. The smallest absolute Gasteiger partial charge is 0.150 e. The molecule has 0 radical (unpaired) electrons. The molecule has 8 heavy (non-hydrogen) atoms. The molecule has 1 rings (SSSR count). The summed E-state index contributed by atoms with van der Waals surface area (Å²) in [7, 11) is -1.37. The Morgan fingerprint density at radius 3 is 2.50 bits per heavy atom. The average molecular weight is 167 g/mol. The maximum atomic E-state index is 5.74. The molecule has 0 bridgehead atoms. The first kappa shape index (κ1) is 6.65. The van der Waals surface area contributed by atoms with Gasteiger partial charge in [0.15, 0.2) is 0 Å². The summed E-state index contributed by atoms with van der Waals surface area (Å²) in [6.07, 6.45) is 6.67. The van der Waals surface area contributed by atoms with E-state index in [4.69, 9.17) is 22.2 Å². The lowest BCUT2D eigenvalue weighted by Crippen LogP contribution is -2.00. The highest BCUT2D eigenvalue weighted by molar-refractivity contribution is 7.34. The van der Waals surface area contributed by atoms with E-state index in [-0.39, 0.29) is 0 Å². The van der Waals surface area contributed by atoms with Crippen molar-refractivity contribution in [2.45, 2.75) is 18.4 Å². The zero-order chi connectivity index (χ0) is 5.98. The molecule has 0 amide bonds. The van der Waals surface area contributed by atoms with Gasteiger partial charge < -0.3 is 0 Å². The molecule has 0 aliphatic heterocycles. The highest BCUT2D eigenvalue weighted by atomic mass is 35.7. The minimum atomic E-state index is -1.37. The van der Waals surface area contributed by atoms with Crippen molar-refractivity contribution in [1.29, 1.82) is 0 Å². The van der Waals surface area contributed by atoms with E-state index in [2.05, 4.69) is 12.2 Å². The van der Waals surface area contributed by atoms with Crippen molar-refractivity contribution in [3.63, 3.8) is 0 Å². The summed E-state index contributed by atoms with van der Waals surface area (Å²) in [5.74, 6) is 0. The van der Waals surface area contributed by atoms with Gasteiger partial charge in [-0.25, -0.2) is 0 Å². The Morgan fingerprint density at radius 2 is 2.25 bits per heavy atom. The van der Waals surface area contributed by atoms with Gasteiger partial charge in [-0.2, -0.15) is 0 Å². The first-order chi connectivity index (χ1) is 3.80. The third-order valence-corrected chi connectivity index (χ3v) is 4.52. The monoisotopic (exact) mass is 166 g/mol. The normalized spacial score (nSPS) is 27.6. The fraction of sp³-hybridized carbons (Fsp3) is 0.600. The van der Waals surface area contributed by atoms with Crippen LogP contribution in [0.4, 0.5) is 0 Å². The van der Waals surface area contributed by atoms with Crippen LogP contribution in [0.25, 0.3) is 0 Å². The van der Waals surface area contributed by atoms with Gasteiger partial charge in [-0.15, -0.1) is 22.2 Å². The third-order valence-electron chi connectivity index (χ3n) is 1.37. The summed E-state index contributed by atoms with van der Waals surface area (Å²) >= 11 is 11.5. The van der Waals surface area contributed by atoms with E-state index in [9.17, 15) is 0 Å². The second-order valence-electron chi connectivity index (χ2n) is 2.00. The number of hydrogen-bond donors (Lipinski definition) is 0. The van der Waals surface area contributed by atoms with Gasteiger partial charge in [0, 0.05) is 0 Å². The molecular formula is C5H8Cl2Si. The van der Waals surface area contributed by atoms with Crippen LogP contribution in [0.1, 0.15) is 12.8 Å². The number of halogens is 2. The van der Waals surface area contributed by atoms with Crippen LogP contribution in [0.15, 0.2) is 12.2 Å². The molecule has 1 atom stereocenters. The Kier molecular flexibility index (Phi) is 2.41. The predicted molar refractivity (Wildman–Crippen MR) is 41.0 cm³/mol. The lowest BCUT2D eigenvalue weighted by atomic mass is 10.4. The Labute approximate surface area is 60.5 Å². The van der Waals surface area contributed by atoms with Gasteiger partial charge in [0.25, 0.3) is 0 Å². The fourth-order valence-corrected chi connectivity index (χ4v) is 2.90. The van der Waals surface area contributed by atoms with Crippen molar-refractivity contribution < 1.29 is 0 Å². The van der Waals surface area contributed by atoms with Crippen molar-refractivity contribution >= 4 is 29.6 Å². The van der Waals surface area contributed by atoms with E-state index >= 15 is 0 Å². The van der Waals surface area contributed by atoms with Crippen LogP contribution >= 0.6 is 22.2 Å². The minimum Gasteiger partial charge on any atom is -0.150 e. The van der Waals surface area contributed by atoms with Crippen LogP contribution in [0.2, 0.25) is 5.54 Å². The molecule has 0 fully saturated rings. The Bertz CT molecular complexity index is 101. The van der Waals surface area contributed by atoms with Crippen molar-refractivity contribution in [1.82, 2.24) is 0 Å². The molecule has 0 heterocycles. The van der Waals surface area contributed by atoms with Crippen molar-refractivity contribution in [2.24, 2.45) is 0 Å². The van der Waals surface area contributed by atoms with Crippen LogP contribution in [0.3, 0.4) is 0 Å². The minimum absolute atomic E-state index is 0.554. The van der Waals surface area contributed by atoms with Crippen LogP contribution in [0, 0.1) is 0 Å². The Hall–Kier alpha value is 0.537.